The molecule has 3 heteroatoms. The van der Waals surface area contributed by atoms with Crippen LogP contribution in [0.1, 0.15) is 12.8 Å². The van der Waals surface area contributed by atoms with Crippen LogP contribution in [0, 0.1) is 0 Å². The Labute approximate surface area is 88.9 Å². The zero-order valence-corrected chi connectivity index (χ0v) is 10.0. The molecule has 0 bridgehead atoms. The van der Waals surface area contributed by atoms with Gasteiger partial charge in [0.1, 0.15) is 0 Å². The fourth-order valence-corrected chi connectivity index (χ4v) is 8.27. The molecule has 1 aliphatic rings. The molecule has 1 heterocycles. The molecule has 0 aliphatic carbocycles. The van der Waals surface area contributed by atoms with E-state index in [1.807, 2.05) is 11.4 Å². The summed E-state index contributed by atoms with van der Waals surface area (Å²) in [5.41, 5.74) is 0. The molecule has 0 saturated carbocycles. The Hall–Kier alpha value is 0.220. The van der Waals surface area contributed by atoms with Gasteiger partial charge in [-0.15, -0.1) is 11.4 Å². The number of hydrogen-bond donors (Lipinski definition) is 0. The van der Waals surface area contributed by atoms with E-state index in [4.69, 9.17) is 11.8 Å². The van der Waals surface area contributed by atoms with Crippen molar-refractivity contribution < 1.29 is 0 Å². The monoisotopic (exact) mass is 228 g/mol. The average Bonchev–Trinajstić information content (AvgIpc) is 2.20. The van der Waals surface area contributed by atoms with Gasteiger partial charge < -0.3 is 0 Å². The van der Waals surface area contributed by atoms with Crippen LogP contribution in [-0.4, -0.2) is 11.9 Å². The van der Waals surface area contributed by atoms with Gasteiger partial charge in [-0.05, 0) is 30.1 Å². The van der Waals surface area contributed by atoms with Crippen LogP contribution in [0.15, 0.2) is 30.3 Å². The van der Waals surface area contributed by atoms with Crippen molar-refractivity contribution in [2.24, 2.45) is 0 Å². The summed E-state index contributed by atoms with van der Waals surface area (Å²) in [7, 11) is 0. The summed E-state index contributed by atoms with van der Waals surface area (Å²) in [6.07, 6.45) is 3.95. The molecule has 1 fully saturated rings. The molecule has 13 heavy (non-hydrogen) atoms. The third-order valence-electron chi connectivity index (χ3n) is 2.30. The van der Waals surface area contributed by atoms with Crippen LogP contribution in [0.4, 0.5) is 0 Å². The van der Waals surface area contributed by atoms with Crippen molar-refractivity contribution in [3.05, 3.63) is 30.3 Å². The molecule has 1 aromatic rings. The highest BCUT2D eigenvalue weighted by molar-refractivity contribution is 8.73. The van der Waals surface area contributed by atoms with Crippen LogP contribution >= 0.6 is 16.6 Å². The van der Waals surface area contributed by atoms with E-state index >= 15 is 0 Å². The molecule has 0 spiro atoms. The number of benzene rings is 1. The van der Waals surface area contributed by atoms with Gasteiger partial charge in [-0.1, -0.05) is 42.1 Å². The lowest BCUT2D eigenvalue weighted by Gasteiger charge is -2.25. The van der Waals surface area contributed by atoms with Crippen molar-refractivity contribution in [1.82, 2.24) is 0 Å². The van der Waals surface area contributed by atoms with Crippen LogP contribution in [0.5, 0.6) is 0 Å². The molecule has 1 aromatic carbocycles. The lowest BCUT2D eigenvalue weighted by molar-refractivity contribution is 0.900. The zero-order valence-electron chi connectivity index (χ0n) is 7.48. The van der Waals surface area contributed by atoms with Gasteiger partial charge in [0.15, 0.2) is 0 Å². The molecule has 0 amide bonds. The largest absolute Gasteiger partial charge is 0.119 e. The summed E-state index contributed by atoms with van der Waals surface area (Å²) in [6, 6.07) is 10.7. The Morgan fingerprint density at radius 2 is 1.92 bits per heavy atom. The molecule has 1 unspecified atom stereocenters. The summed E-state index contributed by atoms with van der Waals surface area (Å²) in [6.45, 7) is 0. The second-order valence-electron chi connectivity index (χ2n) is 3.27. The van der Waals surface area contributed by atoms with Crippen LogP contribution in [0.25, 0.3) is 0 Å². The molecule has 0 N–H and O–H groups in total. The van der Waals surface area contributed by atoms with E-state index in [0.29, 0.717) is 0 Å². The Kier molecular flexibility index (Phi) is 3.13. The molecule has 1 aliphatic heterocycles. The summed E-state index contributed by atoms with van der Waals surface area (Å²) < 4.78 is 0. The Balaban J connectivity index is 2.29. The Bertz CT molecular complexity index is 311. The van der Waals surface area contributed by atoms with Crippen LogP contribution in [-0.2, 0) is 11.8 Å². The van der Waals surface area contributed by atoms with Crippen molar-refractivity contribution in [3.63, 3.8) is 0 Å². The van der Waals surface area contributed by atoms with Crippen LogP contribution < -0.4 is 5.30 Å². The number of hydrogen-bond acceptors (Lipinski definition) is 2. The Morgan fingerprint density at radius 3 is 2.54 bits per heavy atom. The quantitative estimate of drug-likeness (QED) is 0.677. The van der Waals surface area contributed by atoms with Crippen molar-refractivity contribution in [2.75, 3.05) is 11.9 Å². The van der Waals surface area contributed by atoms with E-state index in [1.54, 1.807) is 0 Å². The van der Waals surface area contributed by atoms with Crippen LogP contribution in [0.2, 0.25) is 0 Å². The van der Waals surface area contributed by atoms with Crippen molar-refractivity contribution in [2.45, 2.75) is 12.8 Å². The van der Waals surface area contributed by atoms with Gasteiger partial charge in [-0.3, -0.25) is 0 Å². The molecule has 0 aromatic heterocycles. The first-order valence-corrected chi connectivity index (χ1v) is 9.18. The zero-order chi connectivity index (χ0) is 9.15. The van der Waals surface area contributed by atoms with E-state index < -0.39 is 5.24 Å². The van der Waals surface area contributed by atoms with Gasteiger partial charge in [0.2, 0.25) is 0 Å². The highest BCUT2D eigenvalue weighted by Gasteiger charge is 2.22. The molecular weight excluding hydrogens is 215 g/mol. The third-order valence-corrected chi connectivity index (χ3v) is 10.3. The minimum atomic E-state index is -1.22. The van der Waals surface area contributed by atoms with Gasteiger partial charge in [-0.2, -0.15) is 0 Å². The summed E-state index contributed by atoms with van der Waals surface area (Å²) in [4.78, 5) is 0. The van der Waals surface area contributed by atoms with Gasteiger partial charge in [0.25, 0.3) is 0 Å². The predicted octanol–water partition coefficient (Wildman–Crippen LogP) is 3.23. The molecular formula is C10H13PS2. The average molecular weight is 228 g/mol. The van der Waals surface area contributed by atoms with Gasteiger partial charge in [0, 0.05) is 5.24 Å². The van der Waals surface area contributed by atoms with Crippen LogP contribution in [0.3, 0.4) is 0 Å². The van der Waals surface area contributed by atoms with Gasteiger partial charge in [-0.25, -0.2) is 0 Å². The first-order valence-electron chi connectivity index (χ1n) is 4.60. The number of rotatable bonds is 1. The smallest absolute Gasteiger partial charge is 0.0337 e. The fraction of sp³-hybridized carbons (Fsp3) is 0.400. The maximum absolute atomic E-state index is 5.79. The highest BCUT2D eigenvalue weighted by atomic mass is 32.9. The van der Waals surface area contributed by atoms with E-state index in [2.05, 4.69) is 30.3 Å². The minimum Gasteiger partial charge on any atom is -0.119 e. The first kappa shape index (κ1) is 9.76. The molecule has 1 atom stereocenters. The maximum atomic E-state index is 5.79. The SMILES string of the molecule is S=P1(c2ccccc2)CCCCS1. The summed E-state index contributed by atoms with van der Waals surface area (Å²) in [5.74, 6) is 1.27. The fourth-order valence-electron chi connectivity index (χ4n) is 1.56. The second kappa shape index (κ2) is 4.16. The lowest BCUT2D eigenvalue weighted by atomic mass is 10.4. The van der Waals surface area contributed by atoms with E-state index in [-0.39, 0.29) is 0 Å². The van der Waals surface area contributed by atoms with Gasteiger partial charge >= 0.3 is 0 Å². The normalized spacial score (nSPS) is 28.6. The minimum absolute atomic E-state index is 1.22. The molecule has 0 nitrogen and oxygen atoms in total. The standard InChI is InChI=1S/C10H13PS2/c12-11(8-4-5-9-13-11)10-6-2-1-3-7-10/h1-3,6-7H,4-5,8-9H2. The van der Waals surface area contributed by atoms with Crippen molar-refractivity contribution in [3.8, 4) is 0 Å². The first-order chi connectivity index (χ1) is 6.31. The summed E-state index contributed by atoms with van der Waals surface area (Å²) in [5, 5.41) is 0.210. The van der Waals surface area contributed by atoms with E-state index in [1.165, 1.54) is 30.1 Å². The molecule has 2 rings (SSSR count). The second-order valence-corrected chi connectivity index (χ2v) is 11.5. The Morgan fingerprint density at radius 1 is 1.15 bits per heavy atom. The lowest BCUT2D eigenvalue weighted by Crippen LogP contribution is -2.08. The van der Waals surface area contributed by atoms with E-state index in [9.17, 15) is 0 Å². The molecule has 70 valence electrons. The van der Waals surface area contributed by atoms with E-state index in [0.717, 1.165) is 0 Å². The summed E-state index contributed by atoms with van der Waals surface area (Å²) >= 11 is 7.84. The van der Waals surface area contributed by atoms with Gasteiger partial charge in [0.05, 0.1) is 0 Å². The van der Waals surface area contributed by atoms with Crippen molar-refractivity contribution >= 4 is 33.7 Å². The molecule has 1 saturated heterocycles. The predicted molar refractivity (Wildman–Crippen MR) is 66.9 cm³/mol. The maximum Gasteiger partial charge on any atom is 0.0337 e. The topological polar surface area (TPSA) is 0 Å². The molecule has 0 radical (unpaired) electrons. The highest BCUT2D eigenvalue weighted by Crippen LogP contribution is 2.60. The van der Waals surface area contributed by atoms with Crippen molar-refractivity contribution in [1.29, 1.82) is 0 Å². The third kappa shape index (κ3) is 2.18.